The van der Waals surface area contributed by atoms with Crippen molar-refractivity contribution < 1.29 is 19.0 Å². The molecule has 0 N–H and O–H groups in total. The van der Waals surface area contributed by atoms with Crippen LogP contribution >= 0.6 is 22.6 Å². The Morgan fingerprint density at radius 1 is 0.971 bits per heavy atom. The first kappa shape index (κ1) is 23.2. The SMILES string of the molecule is COc1cc(/C=C2\C=C(c3ccc(C)cc3)OC2=O)cc(I)c1OCc1cccc2ccccc12. The molecule has 0 aliphatic carbocycles. The van der Waals surface area contributed by atoms with E-state index < -0.39 is 0 Å². The molecule has 0 spiro atoms. The third kappa shape index (κ3) is 4.95. The molecule has 174 valence electrons. The lowest BCUT2D eigenvalue weighted by atomic mass is 10.1. The summed E-state index contributed by atoms with van der Waals surface area (Å²) in [4.78, 5) is 12.5. The van der Waals surface area contributed by atoms with Gasteiger partial charge in [0.1, 0.15) is 12.4 Å². The highest BCUT2D eigenvalue weighted by atomic mass is 127. The lowest BCUT2D eigenvalue weighted by molar-refractivity contribution is -0.130. The highest BCUT2D eigenvalue weighted by Crippen LogP contribution is 2.36. The third-order valence-electron chi connectivity index (χ3n) is 5.89. The van der Waals surface area contributed by atoms with Crippen molar-refractivity contribution in [1.82, 2.24) is 0 Å². The number of methoxy groups -OCH3 is 1. The van der Waals surface area contributed by atoms with Gasteiger partial charge in [-0.15, -0.1) is 0 Å². The number of carbonyl (C=O) groups excluding carboxylic acids is 1. The molecule has 4 aromatic rings. The van der Waals surface area contributed by atoms with E-state index in [1.807, 2.05) is 67.6 Å². The molecule has 0 amide bonds. The lowest BCUT2D eigenvalue weighted by Gasteiger charge is -2.15. The number of benzene rings is 4. The lowest BCUT2D eigenvalue weighted by Crippen LogP contribution is -2.01. The minimum absolute atomic E-state index is 0.370. The average molecular weight is 574 g/mol. The molecule has 0 saturated heterocycles. The van der Waals surface area contributed by atoms with Gasteiger partial charge in [-0.1, -0.05) is 72.3 Å². The first-order valence-corrected chi connectivity index (χ1v) is 12.3. The molecule has 1 aliphatic heterocycles. The molecule has 0 radical (unpaired) electrons. The zero-order chi connectivity index (χ0) is 24.4. The fraction of sp³-hybridized carbons (Fsp3) is 0.100. The first-order chi connectivity index (χ1) is 17.0. The summed E-state index contributed by atoms with van der Waals surface area (Å²) in [5.41, 5.74) is 4.45. The molecule has 0 atom stereocenters. The van der Waals surface area contributed by atoms with Crippen LogP contribution in [0.15, 0.2) is 90.5 Å². The largest absolute Gasteiger partial charge is 0.493 e. The van der Waals surface area contributed by atoms with E-state index in [0.717, 1.165) is 25.8 Å². The van der Waals surface area contributed by atoms with Crippen LogP contribution in [0.1, 0.15) is 22.3 Å². The number of halogens is 1. The highest BCUT2D eigenvalue weighted by Gasteiger charge is 2.22. The van der Waals surface area contributed by atoms with Crippen molar-refractivity contribution in [2.45, 2.75) is 13.5 Å². The number of carbonyl (C=O) groups is 1. The Bertz CT molecular complexity index is 1480. The second-order valence-electron chi connectivity index (χ2n) is 8.32. The Kier molecular flexibility index (Phi) is 6.59. The van der Waals surface area contributed by atoms with Gasteiger partial charge in [0.05, 0.1) is 16.3 Å². The molecule has 35 heavy (non-hydrogen) atoms. The van der Waals surface area contributed by atoms with E-state index in [-0.39, 0.29) is 5.97 Å². The second-order valence-corrected chi connectivity index (χ2v) is 9.49. The van der Waals surface area contributed by atoms with Crippen molar-refractivity contribution in [1.29, 1.82) is 0 Å². The predicted octanol–water partition coefficient (Wildman–Crippen LogP) is 7.32. The summed E-state index contributed by atoms with van der Waals surface area (Å²) in [5.74, 6) is 1.47. The van der Waals surface area contributed by atoms with E-state index in [1.165, 1.54) is 10.8 Å². The third-order valence-corrected chi connectivity index (χ3v) is 6.69. The number of ether oxygens (including phenoxy) is 3. The number of fused-ring (bicyclic) bond motifs is 1. The smallest absolute Gasteiger partial charge is 0.343 e. The normalized spacial score (nSPS) is 14.2. The maximum atomic E-state index is 12.5. The number of aryl methyl sites for hydroxylation is 1. The van der Waals surface area contributed by atoms with E-state index in [4.69, 9.17) is 14.2 Å². The zero-order valence-corrected chi connectivity index (χ0v) is 21.5. The Hall–Kier alpha value is -3.58. The van der Waals surface area contributed by atoms with Gasteiger partial charge in [0.25, 0.3) is 0 Å². The molecule has 5 rings (SSSR count). The predicted molar refractivity (Wildman–Crippen MR) is 147 cm³/mol. The first-order valence-electron chi connectivity index (χ1n) is 11.2. The average Bonchev–Trinajstić information content (AvgIpc) is 3.23. The fourth-order valence-electron chi connectivity index (χ4n) is 4.06. The maximum Gasteiger partial charge on any atom is 0.343 e. The molecule has 5 heteroatoms. The van der Waals surface area contributed by atoms with Gasteiger partial charge >= 0.3 is 5.97 Å². The van der Waals surface area contributed by atoms with Crippen LogP contribution in [0.25, 0.3) is 22.6 Å². The molecule has 0 aromatic heterocycles. The summed E-state index contributed by atoms with van der Waals surface area (Å²) in [7, 11) is 1.62. The molecule has 0 unspecified atom stereocenters. The molecule has 0 saturated carbocycles. The van der Waals surface area contributed by atoms with Crippen LogP contribution < -0.4 is 9.47 Å². The van der Waals surface area contributed by atoms with Crippen molar-refractivity contribution >= 4 is 51.2 Å². The number of rotatable bonds is 6. The number of hydrogen-bond donors (Lipinski definition) is 0. The van der Waals surface area contributed by atoms with E-state index >= 15 is 0 Å². The van der Waals surface area contributed by atoms with Crippen molar-refractivity contribution in [3.8, 4) is 11.5 Å². The van der Waals surface area contributed by atoms with Crippen LogP contribution in [0, 0.1) is 10.5 Å². The number of hydrogen-bond acceptors (Lipinski definition) is 4. The highest BCUT2D eigenvalue weighted by molar-refractivity contribution is 14.1. The van der Waals surface area contributed by atoms with Gasteiger partial charge in [-0.2, -0.15) is 0 Å². The molecular formula is C30H23IO4. The summed E-state index contributed by atoms with van der Waals surface area (Å²) < 4.78 is 18.3. The van der Waals surface area contributed by atoms with Gasteiger partial charge in [-0.05, 0) is 75.7 Å². The Labute approximate surface area is 218 Å². The molecule has 4 aromatic carbocycles. The van der Waals surface area contributed by atoms with E-state index in [0.29, 0.717) is 29.4 Å². The van der Waals surface area contributed by atoms with Crippen LogP contribution in [-0.2, 0) is 16.1 Å². The van der Waals surface area contributed by atoms with E-state index in [2.05, 4.69) is 46.9 Å². The summed E-state index contributed by atoms with van der Waals surface area (Å²) in [6, 6.07) is 26.2. The standard InChI is InChI=1S/C30H23IO4/c1-19-10-12-22(13-11-19)27-17-24(30(32)35-27)14-20-15-26(31)29(28(16-20)33-2)34-18-23-8-5-7-21-6-3-4-9-25(21)23/h3-17H,18H2,1-2H3/b24-14+. The topological polar surface area (TPSA) is 44.8 Å². The van der Waals surface area contributed by atoms with Crippen LogP contribution in [-0.4, -0.2) is 13.1 Å². The summed E-state index contributed by atoms with van der Waals surface area (Å²) in [6.07, 6.45) is 3.58. The van der Waals surface area contributed by atoms with Crippen molar-refractivity contribution in [3.63, 3.8) is 0 Å². The van der Waals surface area contributed by atoms with E-state index in [1.54, 1.807) is 13.2 Å². The monoisotopic (exact) mass is 574 g/mol. The van der Waals surface area contributed by atoms with E-state index in [9.17, 15) is 4.79 Å². The quantitative estimate of drug-likeness (QED) is 0.138. The van der Waals surface area contributed by atoms with Crippen LogP contribution in [0.2, 0.25) is 0 Å². The summed E-state index contributed by atoms with van der Waals surface area (Å²) >= 11 is 2.24. The van der Waals surface area contributed by atoms with Gasteiger partial charge in [0, 0.05) is 5.56 Å². The molecule has 1 aliphatic rings. The van der Waals surface area contributed by atoms with Crippen LogP contribution in [0.4, 0.5) is 0 Å². The molecule has 0 fully saturated rings. The summed E-state index contributed by atoms with van der Waals surface area (Å²) in [6.45, 7) is 2.44. The molecule has 1 heterocycles. The van der Waals surface area contributed by atoms with Crippen molar-refractivity contribution in [2.75, 3.05) is 7.11 Å². The summed E-state index contributed by atoms with van der Waals surface area (Å²) in [5, 5.41) is 2.35. The molecule has 4 nitrogen and oxygen atoms in total. The van der Waals surface area contributed by atoms with Gasteiger partial charge < -0.3 is 14.2 Å². The van der Waals surface area contributed by atoms with Crippen LogP contribution in [0.3, 0.4) is 0 Å². The number of esters is 1. The molecule has 0 bridgehead atoms. The minimum Gasteiger partial charge on any atom is -0.493 e. The van der Waals surface area contributed by atoms with Gasteiger partial charge in [-0.25, -0.2) is 4.79 Å². The van der Waals surface area contributed by atoms with Crippen molar-refractivity contribution in [3.05, 3.63) is 116 Å². The Morgan fingerprint density at radius 2 is 1.74 bits per heavy atom. The Balaban J connectivity index is 1.41. The molecular weight excluding hydrogens is 551 g/mol. The van der Waals surface area contributed by atoms with Gasteiger partial charge in [0.15, 0.2) is 11.5 Å². The minimum atomic E-state index is -0.370. The number of cyclic esters (lactones) is 1. The Morgan fingerprint density at radius 3 is 2.54 bits per heavy atom. The van der Waals surface area contributed by atoms with Crippen LogP contribution in [0.5, 0.6) is 11.5 Å². The van der Waals surface area contributed by atoms with Gasteiger partial charge in [-0.3, -0.25) is 0 Å². The van der Waals surface area contributed by atoms with Gasteiger partial charge in [0.2, 0.25) is 0 Å². The second kappa shape index (κ2) is 9.96. The van der Waals surface area contributed by atoms with Crippen molar-refractivity contribution in [2.24, 2.45) is 0 Å². The zero-order valence-electron chi connectivity index (χ0n) is 19.4. The maximum absolute atomic E-state index is 12.5. The fourth-order valence-corrected chi connectivity index (χ4v) is 4.84.